The quantitative estimate of drug-likeness (QED) is 0.881. The van der Waals surface area contributed by atoms with Gasteiger partial charge in [0.25, 0.3) is 5.91 Å². The Hall–Kier alpha value is -2.06. The van der Waals surface area contributed by atoms with E-state index in [1.54, 1.807) is 0 Å². The first-order valence-corrected chi connectivity index (χ1v) is 5.74. The Kier molecular flexibility index (Phi) is 3.23. The van der Waals surface area contributed by atoms with Crippen LogP contribution in [0, 0.1) is 0 Å². The molecule has 1 unspecified atom stereocenters. The molecule has 1 aromatic heterocycles. The number of hydrogen-bond acceptors (Lipinski definition) is 4. The maximum atomic E-state index is 12.7. The predicted octanol–water partition coefficient (Wildman–Crippen LogP) is 1.69. The average molecular weight is 292 g/mol. The first-order chi connectivity index (χ1) is 9.15. The van der Waals surface area contributed by atoms with Gasteiger partial charge in [-0.25, -0.2) is 4.79 Å². The molecule has 2 N–H and O–H groups in total. The number of carbonyl (C=O) groups is 2. The summed E-state index contributed by atoms with van der Waals surface area (Å²) in [5.74, 6) is -2.90. The van der Waals surface area contributed by atoms with Crippen LogP contribution in [0.1, 0.15) is 41.9 Å². The van der Waals surface area contributed by atoms with Gasteiger partial charge in [-0.3, -0.25) is 4.79 Å². The Morgan fingerprint density at radius 2 is 2.05 bits per heavy atom. The number of aromatic nitrogens is 1. The number of hydrogen-bond donors (Lipinski definition) is 2. The monoisotopic (exact) mass is 292 g/mol. The van der Waals surface area contributed by atoms with Crippen molar-refractivity contribution in [2.75, 3.05) is 0 Å². The van der Waals surface area contributed by atoms with Crippen molar-refractivity contribution < 1.29 is 32.4 Å². The zero-order valence-electron chi connectivity index (χ0n) is 10.3. The summed E-state index contributed by atoms with van der Waals surface area (Å²) in [6.07, 6.45) is -3.41. The van der Waals surface area contributed by atoms with Crippen LogP contribution in [0.2, 0.25) is 0 Å². The van der Waals surface area contributed by atoms with Crippen LogP contribution in [0.5, 0.6) is 0 Å². The Labute approximate surface area is 110 Å². The van der Waals surface area contributed by atoms with E-state index < -0.39 is 23.6 Å². The third-order valence-electron chi connectivity index (χ3n) is 3.10. The fraction of sp³-hybridized carbons (Fsp3) is 0.545. The first-order valence-electron chi connectivity index (χ1n) is 5.74. The van der Waals surface area contributed by atoms with Gasteiger partial charge >= 0.3 is 12.1 Å². The Morgan fingerprint density at radius 3 is 2.50 bits per heavy atom. The van der Waals surface area contributed by atoms with Gasteiger partial charge in [0, 0.05) is 12.0 Å². The maximum Gasteiger partial charge on any atom is 0.422 e. The number of carboxylic acids is 1. The van der Waals surface area contributed by atoms with Crippen molar-refractivity contribution >= 4 is 11.9 Å². The van der Waals surface area contributed by atoms with Gasteiger partial charge < -0.3 is 14.9 Å². The minimum Gasteiger partial charge on any atom is -0.479 e. The number of carboxylic acid groups (broad SMARTS) is 1. The first kappa shape index (κ1) is 14.4. The number of nitrogens with one attached hydrogen (secondary N) is 1. The van der Waals surface area contributed by atoms with Crippen molar-refractivity contribution in [3.05, 3.63) is 17.5 Å². The van der Waals surface area contributed by atoms with Gasteiger partial charge in [0.2, 0.25) is 5.54 Å². The molecule has 1 saturated carbocycles. The molecule has 20 heavy (non-hydrogen) atoms. The summed E-state index contributed by atoms with van der Waals surface area (Å²) >= 11 is 0. The number of amides is 1. The molecular weight excluding hydrogens is 281 g/mol. The molecule has 110 valence electrons. The molecular formula is C11H11F3N2O4. The molecule has 1 fully saturated rings. The molecule has 0 bridgehead atoms. The van der Waals surface area contributed by atoms with E-state index in [0.29, 0.717) is 12.7 Å². The van der Waals surface area contributed by atoms with E-state index in [4.69, 9.17) is 9.63 Å². The van der Waals surface area contributed by atoms with Crippen molar-refractivity contribution in [2.24, 2.45) is 0 Å². The summed E-state index contributed by atoms with van der Waals surface area (Å²) in [6.45, 7) is 0.370. The largest absolute Gasteiger partial charge is 0.479 e. The summed E-state index contributed by atoms with van der Waals surface area (Å²) in [7, 11) is 0. The standard InChI is InChI=1S/C11H11F3N2O4/c1-10(9(18)19,11(12,13)14)15-8(17)6-4-7(20-16-6)5-2-3-5/h4-5H,2-3H2,1H3,(H,15,17)(H,18,19). The molecule has 0 aliphatic heterocycles. The zero-order chi connectivity index (χ0) is 15.1. The molecule has 9 heteroatoms. The van der Waals surface area contributed by atoms with E-state index in [-0.39, 0.29) is 11.6 Å². The molecule has 6 nitrogen and oxygen atoms in total. The van der Waals surface area contributed by atoms with Gasteiger partial charge in [-0.2, -0.15) is 13.2 Å². The topological polar surface area (TPSA) is 92.4 Å². The number of carbonyl (C=O) groups excluding carboxylic acids is 1. The van der Waals surface area contributed by atoms with Gasteiger partial charge in [-0.05, 0) is 19.8 Å². The van der Waals surface area contributed by atoms with E-state index in [1.165, 1.54) is 11.4 Å². The molecule has 1 aliphatic rings. The summed E-state index contributed by atoms with van der Waals surface area (Å²) in [6, 6.07) is 1.23. The maximum absolute atomic E-state index is 12.7. The summed E-state index contributed by atoms with van der Waals surface area (Å²) in [5.41, 5.74) is -3.76. The molecule has 1 atom stereocenters. The lowest BCUT2D eigenvalue weighted by atomic mass is 10.0. The highest BCUT2D eigenvalue weighted by Crippen LogP contribution is 2.40. The summed E-state index contributed by atoms with van der Waals surface area (Å²) < 4.78 is 43.0. The van der Waals surface area contributed by atoms with Crippen LogP contribution >= 0.6 is 0 Å². The van der Waals surface area contributed by atoms with E-state index in [0.717, 1.165) is 12.8 Å². The second-order valence-electron chi connectivity index (χ2n) is 4.77. The van der Waals surface area contributed by atoms with E-state index in [2.05, 4.69) is 5.16 Å². The SMILES string of the molecule is CC(NC(=O)c1cc(C2CC2)on1)(C(=O)O)C(F)(F)F. The Balaban J connectivity index is 2.17. The lowest BCUT2D eigenvalue weighted by Crippen LogP contribution is -2.61. The predicted molar refractivity (Wildman–Crippen MR) is 58.0 cm³/mol. The zero-order valence-corrected chi connectivity index (χ0v) is 10.3. The molecule has 0 spiro atoms. The summed E-state index contributed by atoms with van der Waals surface area (Å²) in [5, 5.41) is 13.5. The van der Waals surface area contributed by atoms with Crippen LogP contribution in [0.15, 0.2) is 10.6 Å². The van der Waals surface area contributed by atoms with Crippen molar-refractivity contribution in [3.8, 4) is 0 Å². The number of halogens is 3. The lowest BCUT2D eigenvalue weighted by molar-refractivity contribution is -0.203. The van der Waals surface area contributed by atoms with Crippen LogP contribution in [0.25, 0.3) is 0 Å². The third-order valence-corrected chi connectivity index (χ3v) is 3.10. The van der Waals surface area contributed by atoms with Gasteiger partial charge in [0.05, 0.1) is 0 Å². The van der Waals surface area contributed by atoms with Crippen molar-refractivity contribution in [1.82, 2.24) is 10.5 Å². The number of aliphatic carboxylic acids is 1. The fourth-order valence-corrected chi connectivity index (χ4v) is 1.49. The minimum absolute atomic E-state index is 0.137. The van der Waals surface area contributed by atoms with Gasteiger partial charge in [0.15, 0.2) is 5.69 Å². The fourth-order valence-electron chi connectivity index (χ4n) is 1.49. The van der Waals surface area contributed by atoms with Crippen LogP contribution in [-0.2, 0) is 4.79 Å². The van der Waals surface area contributed by atoms with E-state index in [1.807, 2.05) is 0 Å². The number of nitrogens with zero attached hydrogens (tertiary/aromatic N) is 1. The number of alkyl halides is 3. The molecule has 2 rings (SSSR count). The Morgan fingerprint density at radius 1 is 1.45 bits per heavy atom. The number of rotatable bonds is 4. The van der Waals surface area contributed by atoms with Gasteiger partial charge in [-0.1, -0.05) is 5.16 Å². The molecule has 0 radical (unpaired) electrons. The molecule has 0 saturated heterocycles. The van der Waals surface area contributed by atoms with Crippen molar-refractivity contribution in [2.45, 2.75) is 37.4 Å². The normalized spacial score (nSPS) is 18.4. The van der Waals surface area contributed by atoms with Gasteiger partial charge in [0.1, 0.15) is 5.76 Å². The van der Waals surface area contributed by atoms with Gasteiger partial charge in [-0.15, -0.1) is 0 Å². The molecule has 1 aromatic rings. The average Bonchev–Trinajstić information content (AvgIpc) is 3.05. The highest BCUT2D eigenvalue weighted by Gasteiger charge is 2.58. The lowest BCUT2D eigenvalue weighted by Gasteiger charge is -2.27. The molecule has 1 amide bonds. The van der Waals surface area contributed by atoms with Crippen molar-refractivity contribution in [3.63, 3.8) is 0 Å². The molecule has 1 heterocycles. The minimum atomic E-state index is -5.14. The van der Waals surface area contributed by atoms with Crippen LogP contribution < -0.4 is 5.32 Å². The van der Waals surface area contributed by atoms with Crippen LogP contribution in [-0.4, -0.2) is 33.9 Å². The van der Waals surface area contributed by atoms with E-state index >= 15 is 0 Å². The van der Waals surface area contributed by atoms with Crippen LogP contribution in [0.4, 0.5) is 13.2 Å². The highest BCUT2D eigenvalue weighted by molar-refractivity contribution is 5.96. The Bertz CT molecular complexity index is 550. The second-order valence-corrected chi connectivity index (χ2v) is 4.77. The smallest absolute Gasteiger partial charge is 0.422 e. The van der Waals surface area contributed by atoms with Crippen LogP contribution in [0.3, 0.4) is 0 Å². The molecule has 0 aromatic carbocycles. The highest BCUT2D eigenvalue weighted by atomic mass is 19.4. The van der Waals surface area contributed by atoms with Crippen molar-refractivity contribution in [1.29, 1.82) is 0 Å². The molecule has 1 aliphatic carbocycles. The second kappa shape index (κ2) is 4.50. The third kappa shape index (κ3) is 2.47. The van der Waals surface area contributed by atoms with E-state index in [9.17, 15) is 22.8 Å². The summed E-state index contributed by atoms with van der Waals surface area (Å²) in [4.78, 5) is 22.5.